The molecule has 20 heavy (non-hydrogen) atoms. The summed E-state index contributed by atoms with van der Waals surface area (Å²) in [5, 5.41) is 11.7. The van der Waals surface area contributed by atoms with Crippen molar-refractivity contribution in [2.75, 3.05) is 0 Å². The van der Waals surface area contributed by atoms with Gasteiger partial charge < -0.3 is 15.3 Å². The monoisotopic (exact) mass is 276 g/mol. The highest BCUT2D eigenvalue weighted by Gasteiger charge is 2.26. The van der Waals surface area contributed by atoms with Gasteiger partial charge in [0.1, 0.15) is 0 Å². The van der Waals surface area contributed by atoms with Crippen molar-refractivity contribution in [1.82, 2.24) is 10.2 Å². The van der Waals surface area contributed by atoms with Crippen LogP contribution in [0.15, 0.2) is 24.3 Å². The Hall–Kier alpha value is -2.04. The number of carboxylic acids is 1. The highest BCUT2D eigenvalue weighted by Crippen LogP contribution is 2.22. The Bertz CT molecular complexity index is 489. The van der Waals surface area contributed by atoms with Crippen molar-refractivity contribution in [1.29, 1.82) is 0 Å². The fourth-order valence-corrected chi connectivity index (χ4v) is 2.37. The third-order valence-corrected chi connectivity index (χ3v) is 3.64. The molecule has 5 heteroatoms. The largest absolute Gasteiger partial charge is 0.481 e. The number of fused-ring (bicyclic) bond motifs is 1. The molecule has 2 rings (SSSR count). The lowest BCUT2D eigenvalue weighted by Crippen LogP contribution is -2.45. The molecular weight excluding hydrogens is 256 g/mol. The maximum atomic E-state index is 12.2. The van der Waals surface area contributed by atoms with Crippen LogP contribution >= 0.6 is 0 Å². The van der Waals surface area contributed by atoms with Gasteiger partial charge in [-0.3, -0.25) is 4.79 Å². The van der Waals surface area contributed by atoms with Gasteiger partial charge in [0.05, 0.1) is 6.42 Å². The van der Waals surface area contributed by atoms with Crippen molar-refractivity contribution in [2.24, 2.45) is 5.92 Å². The van der Waals surface area contributed by atoms with Gasteiger partial charge in [0.25, 0.3) is 0 Å². The summed E-state index contributed by atoms with van der Waals surface area (Å²) in [6.45, 7) is 4.99. The average molecular weight is 276 g/mol. The number of aliphatic carboxylic acids is 1. The lowest BCUT2D eigenvalue weighted by atomic mass is 10.0. The number of carboxylic acid groups (broad SMARTS) is 1. The zero-order valence-corrected chi connectivity index (χ0v) is 11.8. The van der Waals surface area contributed by atoms with E-state index in [1.54, 1.807) is 4.90 Å². The summed E-state index contributed by atoms with van der Waals surface area (Å²) in [4.78, 5) is 24.8. The van der Waals surface area contributed by atoms with E-state index in [1.807, 2.05) is 38.1 Å². The molecule has 0 aromatic heterocycles. The molecule has 1 unspecified atom stereocenters. The molecule has 5 nitrogen and oxygen atoms in total. The van der Waals surface area contributed by atoms with Gasteiger partial charge in [0.2, 0.25) is 0 Å². The predicted octanol–water partition coefficient (Wildman–Crippen LogP) is 2.21. The van der Waals surface area contributed by atoms with E-state index in [1.165, 1.54) is 0 Å². The Kier molecular flexibility index (Phi) is 4.27. The summed E-state index contributed by atoms with van der Waals surface area (Å²) in [7, 11) is 0. The van der Waals surface area contributed by atoms with Gasteiger partial charge >= 0.3 is 12.0 Å². The van der Waals surface area contributed by atoms with Crippen LogP contribution in [0.2, 0.25) is 0 Å². The maximum absolute atomic E-state index is 12.2. The molecular formula is C15H20N2O3. The number of urea groups is 1. The zero-order valence-electron chi connectivity index (χ0n) is 11.8. The van der Waals surface area contributed by atoms with Gasteiger partial charge in [0, 0.05) is 19.1 Å². The van der Waals surface area contributed by atoms with Crippen molar-refractivity contribution in [3.8, 4) is 0 Å². The van der Waals surface area contributed by atoms with Crippen molar-refractivity contribution < 1.29 is 14.7 Å². The summed E-state index contributed by atoms with van der Waals surface area (Å²) >= 11 is 0. The van der Waals surface area contributed by atoms with Crippen LogP contribution in [-0.2, 0) is 17.9 Å². The second-order valence-electron chi connectivity index (χ2n) is 5.52. The number of nitrogens with zero attached hydrogens (tertiary/aromatic N) is 1. The molecule has 1 aromatic rings. The second kappa shape index (κ2) is 5.94. The molecule has 1 heterocycles. The number of benzene rings is 1. The molecule has 0 saturated heterocycles. The SMILES string of the molecule is CC(C)C(CC(=O)O)NC(=O)N1Cc2ccccc2C1. The highest BCUT2D eigenvalue weighted by molar-refractivity contribution is 5.76. The lowest BCUT2D eigenvalue weighted by molar-refractivity contribution is -0.137. The number of carbonyl (C=O) groups is 2. The van der Waals surface area contributed by atoms with E-state index in [2.05, 4.69) is 5.32 Å². The van der Waals surface area contributed by atoms with Gasteiger partial charge in [-0.1, -0.05) is 38.1 Å². The molecule has 0 fully saturated rings. The molecule has 1 atom stereocenters. The van der Waals surface area contributed by atoms with Crippen LogP contribution in [0.4, 0.5) is 4.79 Å². The van der Waals surface area contributed by atoms with E-state index in [0.717, 1.165) is 11.1 Å². The number of amides is 2. The molecule has 108 valence electrons. The maximum Gasteiger partial charge on any atom is 0.318 e. The Balaban J connectivity index is 1.97. The Morgan fingerprint density at radius 3 is 2.25 bits per heavy atom. The molecule has 2 amide bonds. The van der Waals surface area contributed by atoms with E-state index < -0.39 is 5.97 Å². The minimum atomic E-state index is -0.895. The fourth-order valence-electron chi connectivity index (χ4n) is 2.37. The fraction of sp³-hybridized carbons (Fsp3) is 0.467. The molecule has 1 aromatic carbocycles. The van der Waals surface area contributed by atoms with Crippen molar-refractivity contribution in [3.05, 3.63) is 35.4 Å². The quantitative estimate of drug-likeness (QED) is 0.885. The van der Waals surface area contributed by atoms with Crippen LogP contribution in [0.5, 0.6) is 0 Å². The van der Waals surface area contributed by atoms with E-state index >= 15 is 0 Å². The first-order valence-corrected chi connectivity index (χ1v) is 6.81. The molecule has 0 saturated carbocycles. The summed E-state index contributed by atoms with van der Waals surface area (Å²) in [5.74, 6) is -0.811. The minimum Gasteiger partial charge on any atom is -0.481 e. The number of hydrogen-bond donors (Lipinski definition) is 2. The van der Waals surface area contributed by atoms with Gasteiger partial charge in [-0.2, -0.15) is 0 Å². The topological polar surface area (TPSA) is 69.6 Å². The predicted molar refractivity (Wildman–Crippen MR) is 75.1 cm³/mol. The summed E-state index contributed by atoms with van der Waals surface area (Å²) in [6, 6.07) is 7.41. The molecule has 0 radical (unpaired) electrons. The minimum absolute atomic E-state index is 0.0514. The molecule has 0 aliphatic carbocycles. The number of rotatable bonds is 4. The van der Waals surface area contributed by atoms with E-state index in [0.29, 0.717) is 13.1 Å². The molecule has 2 N–H and O–H groups in total. The third-order valence-electron chi connectivity index (χ3n) is 3.64. The van der Waals surface area contributed by atoms with Gasteiger partial charge in [-0.25, -0.2) is 4.79 Å². The van der Waals surface area contributed by atoms with E-state index in [-0.39, 0.29) is 24.4 Å². The molecule has 1 aliphatic rings. The van der Waals surface area contributed by atoms with Gasteiger partial charge in [-0.05, 0) is 17.0 Å². The molecule has 0 spiro atoms. The smallest absolute Gasteiger partial charge is 0.318 e. The van der Waals surface area contributed by atoms with Crippen LogP contribution in [-0.4, -0.2) is 28.0 Å². The van der Waals surface area contributed by atoms with Crippen molar-refractivity contribution >= 4 is 12.0 Å². The van der Waals surface area contributed by atoms with Crippen LogP contribution in [0.25, 0.3) is 0 Å². The summed E-state index contributed by atoms with van der Waals surface area (Å²) in [6.07, 6.45) is -0.0514. The van der Waals surface area contributed by atoms with Crippen LogP contribution < -0.4 is 5.32 Å². The third kappa shape index (κ3) is 3.29. The normalized spacial score (nSPS) is 15.1. The standard InChI is InChI=1S/C15H20N2O3/c1-10(2)13(7-14(18)19)16-15(20)17-8-11-5-3-4-6-12(11)9-17/h3-6,10,13H,7-9H2,1-2H3,(H,16,20)(H,18,19). The van der Waals surface area contributed by atoms with Crippen LogP contribution in [0.3, 0.4) is 0 Å². The first-order chi connectivity index (χ1) is 9.47. The average Bonchev–Trinajstić information content (AvgIpc) is 2.81. The summed E-state index contributed by atoms with van der Waals surface area (Å²) in [5.41, 5.74) is 2.31. The second-order valence-corrected chi connectivity index (χ2v) is 5.52. The van der Waals surface area contributed by atoms with Gasteiger partial charge in [0.15, 0.2) is 0 Å². The van der Waals surface area contributed by atoms with Crippen LogP contribution in [0.1, 0.15) is 31.4 Å². The Morgan fingerprint density at radius 2 is 1.80 bits per heavy atom. The molecule has 1 aliphatic heterocycles. The highest BCUT2D eigenvalue weighted by atomic mass is 16.4. The Morgan fingerprint density at radius 1 is 1.25 bits per heavy atom. The zero-order chi connectivity index (χ0) is 14.7. The Labute approximate surface area is 118 Å². The van der Waals surface area contributed by atoms with Crippen LogP contribution in [0, 0.1) is 5.92 Å². The lowest BCUT2D eigenvalue weighted by Gasteiger charge is -2.24. The number of nitrogens with one attached hydrogen (secondary N) is 1. The van der Waals surface area contributed by atoms with E-state index in [4.69, 9.17) is 5.11 Å². The van der Waals surface area contributed by atoms with E-state index in [9.17, 15) is 9.59 Å². The van der Waals surface area contributed by atoms with Crippen molar-refractivity contribution in [3.63, 3.8) is 0 Å². The summed E-state index contributed by atoms with van der Waals surface area (Å²) < 4.78 is 0. The molecule has 0 bridgehead atoms. The van der Waals surface area contributed by atoms with Crippen molar-refractivity contribution in [2.45, 2.75) is 39.4 Å². The number of hydrogen-bond acceptors (Lipinski definition) is 2. The first kappa shape index (κ1) is 14.4. The van der Waals surface area contributed by atoms with Gasteiger partial charge in [-0.15, -0.1) is 0 Å². The first-order valence-electron chi connectivity index (χ1n) is 6.81. The number of carbonyl (C=O) groups excluding carboxylic acids is 1.